The molecule has 10 aromatic carbocycles. The van der Waals surface area contributed by atoms with E-state index >= 15 is 0 Å². The minimum absolute atomic E-state index is 0.263. The van der Waals surface area contributed by atoms with Crippen molar-refractivity contribution in [3.05, 3.63) is 247 Å². The number of rotatable bonds is 7. The molecule has 2 nitrogen and oxygen atoms in total. The Bertz CT molecular complexity index is 3470. The van der Waals surface area contributed by atoms with Crippen molar-refractivity contribution >= 4 is 49.8 Å². The molecule has 1 aliphatic carbocycles. The minimum atomic E-state index is -0.263. The van der Waals surface area contributed by atoms with Crippen LogP contribution < -0.4 is 4.90 Å². The van der Waals surface area contributed by atoms with Gasteiger partial charge in [-0.2, -0.15) is 0 Å². The van der Waals surface area contributed by atoms with E-state index in [1.165, 1.54) is 66.4 Å². The molecule has 2 heteroatoms. The highest BCUT2D eigenvalue weighted by Crippen LogP contribution is 2.53. The van der Waals surface area contributed by atoms with Gasteiger partial charge in [-0.25, -0.2) is 0 Å². The van der Waals surface area contributed by atoms with Crippen molar-refractivity contribution in [3.63, 3.8) is 0 Å². The molecule has 0 aliphatic heterocycles. The summed E-state index contributed by atoms with van der Waals surface area (Å²) < 4.78 is 6.51. The molecule has 1 heterocycles. The summed E-state index contributed by atoms with van der Waals surface area (Å²) >= 11 is 0. The van der Waals surface area contributed by atoms with E-state index in [0.29, 0.717) is 0 Å². The number of anilines is 3. The molecule has 0 fully saturated rings. The summed E-state index contributed by atoms with van der Waals surface area (Å²) in [6.07, 6.45) is 0. The van der Waals surface area contributed by atoms with Gasteiger partial charge >= 0.3 is 0 Å². The van der Waals surface area contributed by atoms with Crippen LogP contribution in [-0.2, 0) is 5.41 Å². The van der Waals surface area contributed by atoms with Crippen LogP contribution in [0.1, 0.15) is 23.6 Å². The van der Waals surface area contributed by atoms with E-state index in [-0.39, 0.29) is 5.41 Å². The van der Waals surface area contributed by atoms with Crippen LogP contribution in [-0.4, -0.2) is 0 Å². The summed E-state index contributed by atoms with van der Waals surface area (Å²) in [4.78, 5) is 2.39. The molecule has 0 N–H and O–H groups in total. The third kappa shape index (κ3) is 5.65. The van der Waals surface area contributed by atoms with E-state index in [2.05, 4.69) is 230 Å². The smallest absolute Gasteiger partial charge is 0.137 e. The van der Waals surface area contributed by atoms with E-state index in [4.69, 9.17) is 4.42 Å². The number of furan rings is 1. The van der Waals surface area contributed by atoms with Crippen molar-refractivity contribution in [1.29, 1.82) is 0 Å². The van der Waals surface area contributed by atoms with Crippen molar-refractivity contribution < 1.29 is 4.42 Å². The zero-order valence-corrected chi connectivity index (χ0v) is 34.3. The zero-order valence-electron chi connectivity index (χ0n) is 34.3. The molecule has 292 valence electrons. The first-order valence-electron chi connectivity index (χ1n) is 21.4. The maximum atomic E-state index is 6.51. The first-order chi connectivity index (χ1) is 30.6. The topological polar surface area (TPSA) is 16.4 Å². The lowest BCUT2D eigenvalue weighted by Crippen LogP contribution is -2.22. The molecule has 0 radical (unpaired) electrons. The Kier molecular flexibility index (Phi) is 8.33. The summed E-state index contributed by atoms with van der Waals surface area (Å²) in [5, 5.41) is 4.67. The number of benzene rings is 10. The SMILES string of the molecule is CC1(c2ccccc2)c2ccccc2-c2ccc(-c3ccc(N(c4ccc5c(c4)oc4ccccc45)c4ccccc4-c4cccc5cccc(-c6ccccc6)c45)cc3)cc21. The number of para-hydroxylation sites is 2. The highest BCUT2D eigenvalue weighted by Gasteiger charge is 2.40. The Morgan fingerprint density at radius 2 is 0.984 bits per heavy atom. The van der Waals surface area contributed by atoms with E-state index in [1.54, 1.807) is 0 Å². The van der Waals surface area contributed by atoms with Gasteiger partial charge in [-0.1, -0.05) is 182 Å². The number of fused-ring (bicyclic) bond motifs is 7. The molecule has 0 saturated heterocycles. The molecule has 0 spiro atoms. The molecule has 1 aromatic heterocycles. The van der Waals surface area contributed by atoms with Crippen LogP contribution in [0.2, 0.25) is 0 Å². The normalized spacial score (nSPS) is 14.3. The largest absolute Gasteiger partial charge is 0.456 e. The van der Waals surface area contributed by atoms with Gasteiger partial charge in [0.05, 0.1) is 5.69 Å². The van der Waals surface area contributed by atoms with Crippen LogP contribution in [0.25, 0.3) is 77.2 Å². The Morgan fingerprint density at radius 1 is 0.371 bits per heavy atom. The van der Waals surface area contributed by atoms with Gasteiger partial charge in [0, 0.05) is 39.2 Å². The summed E-state index contributed by atoms with van der Waals surface area (Å²) in [7, 11) is 0. The zero-order chi connectivity index (χ0) is 41.2. The number of nitrogens with zero attached hydrogens (tertiary/aromatic N) is 1. The summed E-state index contributed by atoms with van der Waals surface area (Å²) in [6, 6.07) is 83.7. The first-order valence-corrected chi connectivity index (χ1v) is 21.4. The van der Waals surface area contributed by atoms with E-state index in [0.717, 1.165) is 44.6 Å². The number of hydrogen-bond acceptors (Lipinski definition) is 2. The molecule has 12 rings (SSSR count). The van der Waals surface area contributed by atoms with Crippen molar-refractivity contribution in [2.75, 3.05) is 4.90 Å². The second kappa shape index (κ2) is 14.4. The van der Waals surface area contributed by atoms with Crippen molar-refractivity contribution in [3.8, 4) is 44.5 Å². The lowest BCUT2D eigenvalue weighted by Gasteiger charge is -2.29. The summed E-state index contributed by atoms with van der Waals surface area (Å²) in [6.45, 7) is 2.38. The van der Waals surface area contributed by atoms with Gasteiger partial charge in [0.25, 0.3) is 0 Å². The van der Waals surface area contributed by atoms with Gasteiger partial charge in [0.1, 0.15) is 11.2 Å². The molecule has 0 amide bonds. The third-order valence-corrected chi connectivity index (χ3v) is 13.2. The number of hydrogen-bond donors (Lipinski definition) is 0. The van der Waals surface area contributed by atoms with Crippen LogP contribution >= 0.6 is 0 Å². The van der Waals surface area contributed by atoms with Gasteiger partial charge in [-0.15, -0.1) is 0 Å². The predicted molar refractivity (Wildman–Crippen MR) is 260 cm³/mol. The predicted octanol–water partition coefficient (Wildman–Crippen LogP) is 16.5. The second-order valence-electron chi connectivity index (χ2n) is 16.6. The quantitative estimate of drug-likeness (QED) is 0.160. The highest BCUT2D eigenvalue weighted by molar-refractivity contribution is 6.10. The first kappa shape index (κ1) is 36.0. The fraction of sp³-hybridized carbons (Fsp3) is 0.0333. The monoisotopic (exact) mass is 791 g/mol. The van der Waals surface area contributed by atoms with Gasteiger partial charge in [-0.3, -0.25) is 0 Å². The van der Waals surface area contributed by atoms with Crippen molar-refractivity contribution in [2.24, 2.45) is 0 Å². The molecule has 11 aromatic rings. The third-order valence-electron chi connectivity index (χ3n) is 13.2. The maximum absolute atomic E-state index is 6.51. The Labute approximate surface area is 361 Å². The van der Waals surface area contributed by atoms with Crippen LogP contribution in [0.3, 0.4) is 0 Å². The molecule has 0 bridgehead atoms. The second-order valence-corrected chi connectivity index (χ2v) is 16.6. The van der Waals surface area contributed by atoms with E-state index in [9.17, 15) is 0 Å². The average Bonchev–Trinajstić information content (AvgIpc) is 3.84. The molecule has 0 saturated carbocycles. The minimum Gasteiger partial charge on any atom is -0.456 e. The van der Waals surface area contributed by atoms with Gasteiger partial charge in [0.15, 0.2) is 0 Å². The molecular formula is C60H41NO. The van der Waals surface area contributed by atoms with Crippen LogP contribution in [0, 0.1) is 0 Å². The molecule has 1 unspecified atom stereocenters. The summed E-state index contributed by atoms with van der Waals surface area (Å²) in [5.41, 5.74) is 18.4. The molecule has 62 heavy (non-hydrogen) atoms. The van der Waals surface area contributed by atoms with E-state index in [1.807, 2.05) is 12.1 Å². The highest BCUT2D eigenvalue weighted by atomic mass is 16.3. The standard InChI is InChI=1S/C60H41NO/c1-60(44-20-6-3-7-21-44)54-27-11-8-22-48(54)49-36-32-43(38-55(49)60)40-30-33-45(34-31-40)61(46-35-37-52-51-24-10-13-29-57(51)62-58(52)39-46)56-28-12-9-23-50(56)53-26-15-19-42-18-14-25-47(59(42)53)41-16-4-2-5-17-41/h2-39H,1H3. The average molecular weight is 792 g/mol. The van der Waals surface area contributed by atoms with Gasteiger partial charge in [0.2, 0.25) is 0 Å². The maximum Gasteiger partial charge on any atom is 0.137 e. The van der Waals surface area contributed by atoms with Crippen molar-refractivity contribution in [1.82, 2.24) is 0 Å². The Hall–Kier alpha value is -7.94. The summed E-state index contributed by atoms with van der Waals surface area (Å²) in [5.74, 6) is 0. The molecule has 1 atom stereocenters. The van der Waals surface area contributed by atoms with Crippen LogP contribution in [0.15, 0.2) is 235 Å². The Balaban J connectivity index is 1.02. The Morgan fingerprint density at radius 3 is 1.81 bits per heavy atom. The fourth-order valence-corrected chi connectivity index (χ4v) is 10.2. The van der Waals surface area contributed by atoms with Crippen LogP contribution in [0.5, 0.6) is 0 Å². The van der Waals surface area contributed by atoms with Crippen molar-refractivity contribution in [2.45, 2.75) is 12.3 Å². The fourth-order valence-electron chi connectivity index (χ4n) is 10.2. The molecule has 1 aliphatic rings. The van der Waals surface area contributed by atoms with E-state index < -0.39 is 0 Å². The van der Waals surface area contributed by atoms with Crippen LogP contribution in [0.4, 0.5) is 17.1 Å². The lowest BCUT2D eigenvalue weighted by atomic mass is 9.74. The van der Waals surface area contributed by atoms with Gasteiger partial charge < -0.3 is 9.32 Å². The van der Waals surface area contributed by atoms with Gasteiger partial charge in [-0.05, 0) is 116 Å². The molecular weight excluding hydrogens is 751 g/mol. The lowest BCUT2D eigenvalue weighted by molar-refractivity contribution is 0.669.